The lowest BCUT2D eigenvalue weighted by Gasteiger charge is -2.20. The lowest BCUT2D eigenvalue weighted by molar-refractivity contribution is -0.137. The van der Waals surface area contributed by atoms with Gasteiger partial charge in [0.15, 0.2) is 0 Å². The first kappa shape index (κ1) is 32.6. The number of unbranched alkanes of at least 4 members (excludes halogenated alkanes) is 14. The van der Waals surface area contributed by atoms with Crippen LogP contribution >= 0.6 is 0 Å². The molecule has 0 aromatic carbocycles. The SMILES string of the molecule is CCCCCC(=O)O.CCCCCCCCCC(C)NC(C)CCCCCCCCC. The molecular weight excluding hydrogens is 382 g/mol. The van der Waals surface area contributed by atoms with Crippen LogP contribution in [0.1, 0.15) is 163 Å². The Morgan fingerprint density at radius 1 is 0.581 bits per heavy atom. The summed E-state index contributed by atoms with van der Waals surface area (Å²) in [5, 5.41) is 11.9. The van der Waals surface area contributed by atoms with E-state index in [4.69, 9.17) is 5.11 Å². The molecule has 2 unspecified atom stereocenters. The maximum atomic E-state index is 9.87. The Hall–Kier alpha value is -0.570. The summed E-state index contributed by atoms with van der Waals surface area (Å²) in [5.74, 6) is -0.682. The van der Waals surface area contributed by atoms with Gasteiger partial charge in [0.1, 0.15) is 0 Å². The third-order valence-electron chi connectivity index (χ3n) is 6.04. The number of nitrogens with one attached hydrogen (secondary N) is 1. The molecule has 0 aliphatic rings. The van der Waals surface area contributed by atoms with Gasteiger partial charge in [-0.3, -0.25) is 4.79 Å². The normalized spacial score (nSPS) is 12.8. The molecule has 0 bridgehead atoms. The van der Waals surface area contributed by atoms with Crippen LogP contribution in [0, 0.1) is 0 Å². The number of hydrogen-bond acceptors (Lipinski definition) is 2. The van der Waals surface area contributed by atoms with Crippen LogP contribution < -0.4 is 5.32 Å². The van der Waals surface area contributed by atoms with E-state index in [1.54, 1.807) is 0 Å². The molecule has 188 valence electrons. The maximum absolute atomic E-state index is 9.87. The number of aliphatic carboxylic acids is 1. The van der Waals surface area contributed by atoms with Gasteiger partial charge in [0.2, 0.25) is 0 Å². The smallest absolute Gasteiger partial charge is 0.303 e. The minimum Gasteiger partial charge on any atom is -0.481 e. The van der Waals surface area contributed by atoms with Gasteiger partial charge < -0.3 is 10.4 Å². The Balaban J connectivity index is 0. The fraction of sp³-hybridized carbons (Fsp3) is 0.964. The van der Waals surface area contributed by atoms with Gasteiger partial charge in [0, 0.05) is 18.5 Å². The molecule has 0 aromatic rings. The maximum Gasteiger partial charge on any atom is 0.303 e. The van der Waals surface area contributed by atoms with Crippen LogP contribution in [-0.4, -0.2) is 23.2 Å². The predicted octanol–water partition coefficient (Wildman–Crippen LogP) is 9.29. The lowest BCUT2D eigenvalue weighted by atomic mass is 10.0. The van der Waals surface area contributed by atoms with Crippen molar-refractivity contribution in [1.82, 2.24) is 5.32 Å². The quantitative estimate of drug-likeness (QED) is 0.164. The van der Waals surface area contributed by atoms with Gasteiger partial charge in [-0.2, -0.15) is 0 Å². The largest absolute Gasteiger partial charge is 0.481 e. The van der Waals surface area contributed by atoms with Crippen molar-refractivity contribution in [3.8, 4) is 0 Å². The van der Waals surface area contributed by atoms with Gasteiger partial charge in [-0.05, 0) is 33.1 Å². The molecule has 0 aromatic heterocycles. The molecule has 0 fully saturated rings. The summed E-state index contributed by atoms with van der Waals surface area (Å²) in [6.07, 6.45) is 25.9. The Kier molecular flexibility index (Phi) is 28.9. The van der Waals surface area contributed by atoms with Gasteiger partial charge in [0.05, 0.1) is 0 Å². The Bertz CT molecular complexity index is 324. The first-order valence-electron chi connectivity index (χ1n) is 14.0. The van der Waals surface area contributed by atoms with Crippen LogP contribution in [0.25, 0.3) is 0 Å². The van der Waals surface area contributed by atoms with Crippen molar-refractivity contribution < 1.29 is 9.90 Å². The van der Waals surface area contributed by atoms with E-state index in [1.165, 1.54) is 103 Å². The summed E-state index contributed by atoms with van der Waals surface area (Å²) in [6, 6.07) is 1.40. The van der Waals surface area contributed by atoms with Gasteiger partial charge in [0.25, 0.3) is 0 Å². The van der Waals surface area contributed by atoms with Crippen LogP contribution in [-0.2, 0) is 4.79 Å². The lowest BCUT2D eigenvalue weighted by Crippen LogP contribution is -2.34. The van der Waals surface area contributed by atoms with Crippen LogP contribution in [0.15, 0.2) is 0 Å². The minimum atomic E-state index is -0.682. The van der Waals surface area contributed by atoms with E-state index in [1.807, 2.05) is 0 Å². The van der Waals surface area contributed by atoms with E-state index in [2.05, 4.69) is 39.9 Å². The number of rotatable bonds is 22. The Labute approximate surface area is 196 Å². The molecule has 0 heterocycles. The van der Waals surface area contributed by atoms with E-state index in [0.717, 1.165) is 19.3 Å². The van der Waals surface area contributed by atoms with Crippen molar-refractivity contribution in [2.45, 2.75) is 175 Å². The zero-order chi connectivity index (χ0) is 23.6. The minimum absolute atomic E-state index is 0.327. The predicted molar refractivity (Wildman–Crippen MR) is 139 cm³/mol. The first-order valence-corrected chi connectivity index (χ1v) is 14.0. The molecule has 31 heavy (non-hydrogen) atoms. The van der Waals surface area contributed by atoms with Gasteiger partial charge in [-0.25, -0.2) is 0 Å². The van der Waals surface area contributed by atoms with Crippen LogP contribution in [0.2, 0.25) is 0 Å². The Morgan fingerprint density at radius 3 is 1.26 bits per heavy atom. The molecule has 0 rings (SSSR count). The average molecular weight is 442 g/mol. The van der Waals surface area contributed by atoms with Crippen LogP contribution in [0.3, 0.4) is 0 Å². The summed E-state index contributed by atoms with van der Waals surface area (Å²) < 4.78 is 0. The number of carboxylic acids is 1. The van der Waals surface area contributed by atoms with E-state index in [-0.39, 0.29) is 0 Å². The summed E-state index contributed by atoms with van der Waals surface area (Å²) in [6.45, 7) is 11.4. The second-order valence-corrected chi connectivity index (χ2v) is 9.64. The zero-order valence-electron chi connectivity index (χ0n) is 22.2. The molecule has 0 aliphatic carbocycles. The number of carboxylic acid groups (broad SMARTS) is 1. The highest BCUT2D eigenvalue weighted by Gasteiger charge is 2.07. The summed E-state index contributed by atoms with van der Waals surface area (Å²) >= 11 is 0. The van der Waals surface area contributed by atoms with Crippen LogP contribution in [0.4, 0.5) is 0 Å². The second kappa shape index (κ2) is 27.5. The molecular formula is C28H59NO2. The van der Waals surface area contributed by atoms with Gasteiger partial charge in [-0.15, -0.1) is 0 Å². The molecule has 2 atom stereocenters. The summed E-state index contributed by atoms with van der Waals surface area (Å²) in [4.78, 5) is 9.87. The highest BCUT2D eigenvalue weighted by atomic mass is 16.4. The van der Waals surface area contributed by atoms with Crippen molar-refractivity contribution in [3.05, 3.63) is 0 Å². The van der Waals surface area contributed by atoms with E-state index in [0.29, 0.717) is 18.5 Å². The third kappa shape index (κ3) is 31.7. The van der Waals surface area contributed by atoms with Crippen molar-refractivity contribution in [2.75, 3.05) is 0 Å². The molecule has 3 nitrogen and oxygen atoms in total. The molecule has 3 heteroatoms. The van der Waals surface area contributed by atoms with Gasteiger partial charge >= 0.3 is 5.97 Å². The fourth-order valence-electron chi connectivity index (χ4n) is 3.99. The Morgan fingerprint density at radius 2 is 0.903 bits per heavy atom. The average Bonchev–Trinajstić information content (AvgIpc) is 2.73. The molecule has 0 radical (unpaired) electrons. The number of carbonyl (C=O) groups is 1. The van der Waals surface area contributed by atoms with Crippen molar-refractivity contribution in [2.24, 2.45) is 0 Å². The van der Waals surface area contributed by atoms with E-state index < -0.39 is 5.97 Å². The fourth-order valence-corrected chi connectivity index (χ4v) is 3.99. The highest BCUT2D eigenvalue weighted by molar-refractivity contribution is 5.66. The van der Waals surface area contributed by atoms with Crippen molar-refractivity contribution in [1.29, 1.82) is 0 Å². The monoisotopic (exact) mass is 441 g/mol. The number of hydrogen-bond donors (Lipinski definition) is 2. The molecule has 0 amide bonds. The standard InChI is InChI=1S/C22H47N.C6H12O2/c1-5-7-9-11-13-15-17-19-21(3)23-22(4)20-18-16-14-12-10-8-6-2;1-2-3-4-5-6(7)8/h21-23H,5-20H2,1-4H3;2-5H2,1H3,(H,7,8). The second-order valence-electron chi connectivity index (χ2n) is 9.64. The van der Waals surface area contributed by atoms with Crippen molar-refractivity contribution in [3.63, 3.8) is 0 Å². The molecule has 2 N–H and O–H groups in total. The first-order chi connectivity index (χ1) is 15.0. The van der Waals surface area contributed by atoms with Gasteiger partial charge in [-0.1, -0.05) is 124 Å². The van der Waals surface area contributed by atoms with E-state index >= 15 is 0 Å². The van der Waals surface area contributed by atoms with Crippen LogP contribution in [0.5, 0.6) is 0 Å². The summed E-state index contributed by atoms with van der Waals surface area (Å²) in [5.41, 5.74) is 0. The molecule has 0 aliphatic heterocycles. The topological polar surface area (TPSA) is 49.3 Å². The zero-order valence-corrected chi connectivity index (χ0v) is 22.2. The van der Waals surface area contributed by atoms with E-state index in [9.17, 15) is 4.79 Å². The third-order valence-corrected chi connectivity index (χ3v) is 6.04. The highest BCUT2D eigenvalue weighted by Crippen LogP contribution is 2.12. The summed E-state index contributed by atoms with van der Waals surface area (Å²) in [7, 11) is 0. The van der Waals surface area contributed by atoms with Crippen molar-refractivity contribution >= 4 is 5.97 Å². The molecule has 0 spiro atoms. The molecule has 0 saturated heterocycles. The molecule has 0 saturated carbocycles.